The summed E-state index contributed by atoms with van der Waals surface area (Å²) in [6.07, 6.45) is 7.00. The standard InChI is InChI=1S/C21H37N3O4/c1-15(25)22-16-11-13-24(14-12-16)19(26)17-9-7-5-6-8-10-18(17)23-20(27)28-21(2,3)4/h16-18H,5-14H2,1-4H3,(H,22,25)(H,23,27)/t17-,18+/m1/s1. The monoisotopic (exact) mass is 395 g/mol. The summed E-state index contributed by atoms with van der Waals surface area (Å²) in [7, 11) is 0. The Balaban J connectivity index is 2.00. The van der Waals surface area contributed by atoms with Crippen molar-refractivity contribution in [3.63, 3.8) is 0 Å². The second-order valence-corrected chi connectivity index (χ2v) is 9.15. The van der Waals surface area contributed by atoms with E-state index in [1.165, 1.54) is 6.92 Å². The molecule has 1 aliphatic heterocycles. The van der Waals surface area contributed by atoms with Gasteiger partial charge in [0.2, 0.25) is 11.8 Å². The third-order valence-corrected chi connectivity index (χ3v) is 5.50. The van der Waals surface area contributed by atoms with E-state index in [1.807, 2.05) is 25.7 Å². The SMILES string of the molecule is CC(=O)NC1CCN(C(=O)[C@@H]2CCCCCC[C@@H]2NC(=O)OC(C)(C)C)CC1. The van der Waals surface area contributed by atoms with Crippen LogP contribution < -0.4 is 10.6 Å². The van der Waals surface area contributed by atoms with Crippen molar-refractivity contribution in [1.82, 2.24) is 15.5 Å². The van der Waals surface area contributed by atoms with Gasteiger partial charge in [-0.1, -0.05) is 25.7 Å². The molecule has 0 spiro atoms. The van der Waals surface area contributed by atoms with E-state index >= 15 is 0 Å². The van der Waals surface area contributed by atoms with E-state index in [1.54, 1.807) is 0 Å². The van der Waals surface area contributed by atoms with E-state index in [-0.39, 0.29) is 29.8 Å². The Hall–Kier alpha value is -1.79. The molecule has 0 bridgehead atoms. The number of rotatable bonds is 3. The van der Waals surface area contributed by atoms with Crippen LogP contribution in [0.5, 0.6) is 0 Å². The molecule has 28 heavy (non-hydrogen) atoms. The number of carbonyl (C=O) groups is 3. The minimum Gasteiger partial charge on any atom is -0.444 e. The van der Waals surface area contributed by atoms with Crippen molar-refractivity contribution in [2.24, 2.45) is 5.92 Å². The summed E-state index contributed by atoms with van der Waals surface area (Å²) in [6, 6.07) is -0.0368. The highest BCUT2D eigenvalue weighted by atomic mass is 16.6. The molecule has 2 fully saturated rings. The second kappa shape index (κ2) is 10.1. The Kier molecular flexibility index (Phi) is 8.13. The molecule has 0 unspecified atom stereocenters. The maximum atomic E-state index is 13.3. The summed E-state index contributed by atoms with van der Waals surface area (Å²) >= 11 is 0. The van der Waals surface area contributed by atoms with Gasteiger partial charge in [-0.2, -0.15) is 0 Å². The van der Waals surface area contributed by atoms with Gasteiger partial charge >= 0.3 is 6.09 Å². The lowest BCUT2D eigenvalue weighted by Crippen LogP contribution is -2.52. The van der Waals surface area contributed by atoms with E-state index in [0.29, 0.717) is 13.1 Å². The van der Waals surface area contributed by atoms with Crippen molar-refractivity contribution in [2.45, 2.75) is 96.7 Å². The summed E-state index contributed by atoms with van der Waals surface area (Å²) in [6.45, 7) is 8.35. The van der Waals surface area contributed by atoms with Gasteiger partial charge in [-0.3, -0.25) is 9.59 Å². The molecule has 0 aromatic heterocycles. The van der Waals surface area contributed by atoms with Gasteiger partial charge < -0.3 is 20.3 Å². The van der Waals surface area contributed by atoms with E-state index in [2.05, 4.69) is 10.6 Å². The zero-order chi connectivity index (χ0) is 20.7. The number of ether oxygens (including phenoxy) is 1. The average molecular weight is 396 g/mol. The smallest absolute Gasteiger partial charge is 0.407 e. The molecule has 1 saturated carbocycles. The number of nitrogens with zero attached hydrogens (tertiary/aromatic N) is 1. The Bertz CT molecular complexity index is 550. The molecule has 3 amide bonds. The van der Waals surface area contributed by atoms with Crippen molar-refractivity contribution >= 4 is 17.9 Å². The zero-order valence-corrected chi connectivity index (χ0v) is 17.9. The third kappa shape index (κ3) is 7.32. The first-order valence-corrected chi connectivity index (χ1v) is 10.7. The van der Waals surface area contributed by atoms with Crippen LogP contribution in [-0.2, 0) is 14.3 Å². The molecule has 1 aliphatic carbocycles. The number of alkyl carbamates (subject to hydrolysis) is 1. The number of nitrogens with one attached hydrogen (secondary N) is 2. The van der Waals surface area contributed by atoms with Crippen LogP contribution in [-0.4, -0.2) is 53.6 Å². The first kappa shape index (κ1) is 22.5. The van der Waals surface area contributed by atoms with Crippen molar-refractivity contribution in [3.8, 4) is 0 Å². The van der Waals surface area contributed by atoms with Gasteiger partial charge in [0.1, 0.15) is 5.60 Å². The summed E-state index contributed by atoms with van der Waals surface area (Å²) in [5.41, 5.74) is -0.559. The highest BCUT2D eigenvalue weighted by Gasteiger charge is 2.35. The average Bonchev–Trinajstić information content (AvgIpc) is 2.55. The lowest BCUT2D eigenvalue weighted by molar-refractivity contribution is -0.138. The van der Waals surface area contributed by atoms with Crippen LogP contribution in [0.15, 0.2) is 0 Å². The Morgan fingerprint density at radius 2 is 1.50 bits per heavy atom. The molecule has 160 valence electrons. The van der Waals surface area contributed by atoms with Crippen LogP contribution >= 0.6 is 0 Å². The molecule has 7 nitrogen and oxygen atoms in total. The highest BCUT2D eigenvalue weighted by molar-refractivity contribution is 5.81. The minimum atomic E-state index is -0.559. The van der Waals surface area contributed by atoms with E-state index in [9.17, 15) is 14.4 Å². The van der Waals surface area contributed by atoms with Crippen molar-refractivity contribution in [1.29, 1.82) is 0 Å². The number of carbonyl (C=O) groups excluding carboxylic acids is 3. The predicted octanol–water partition coefficient (Wildman–Crippen LogP) is 2.98. The normalized spacial score (nSPS) is 24.6. The second-order valence-electron chi connectivity index (χ2n) is 9.15. The van der Waals surface area contributed by atoms with Gasteiger partial charge in [-0.15, -0.1) is 0 Å². The van der Waals surface area contributed by atoms with Crippen LogP contribution in [0.25, 0.3) is 0 Å². The molecule has 2 rings (SSSR count). The molecule has 2 N–H and O–H groups in total. The largest absolute Gasteiger partial charge is 0.444 e. The van der Waals surface area contributed by atoms with Gasteiger partial charge in [0.15, 0.2) is 0 Å². The van der Waals surface area contributed by atoms with Crippen LogP contribution in [0.2, 0.25) is 0 Å². The van der Waals surface area contributed by atoms with Crippen LogP contribution in [0.3, 0.4) is 0 Å². The molecule has 1 heterocycles. The molecule has 2 atom stereocenters. The minimum absolute atomic E-state index is 0.0218. The maximum absolute atomic E-state index is 13.3. The number of amides is 3. The lowest BCUT2D eigenvalue weighted by Gasteiger charge is -2.37. The summed E-state index contributed by atoms with van der Waals surface area (Å²) < 4.78 is 5.42. The first-order valence-electron chi connectivity index (χ1n) is 10.7. The lowest BCUT2D eigenvalue weighted by atomic mass is 9.85. The van der Waals surface area contributed by atoms with Gasteiger partial charge in [-0.25, -0.2) is 4.79 Å². The number of piperidine rings is 1. The predicted molar refractivity (Wildman–Crippen MR) is 108 cm³/mol. The molecule has 1 saturated heterocycles. The zero-order valence-electron chi connectivity index (χ0n) is 17.9. The molecule has 2 aliphatic rings. The van der Waals surface area contributed by atoms with Gasteiger partial charge in [0.05, 0.1) is 5.92 Å². The van der Waals surface area contributed by atoms with Crippen LogP contribution in [0.1, 0.15) is 79.1 Å². The van der Waals surface area contributed by atoms with Crippen molar-refractivity contribution < 1.29 is 19.1 Å². The Labute approximate surface area is 168 Å². The van der Waals surface area contributed by atoms with E-state index < -0.39 is 11.7 Å². The molecular formula is C21H37N3O4. The first-order chi connectivity index (χ1) is 13.2. The quantitative estimate of drug-likeness (QED) is 0.769. The molecule has 7 heteroatoms. The Morgan fingerprint density at radius 3 is 2.07 bits per heavy atom. The Morgan fingerprint density at radius 1 is 0.893 bits per heavy atom. The highest BCUT2D eigenvalue weighted by Crippen LogP contribution is 2.26. The molecule has 0 aromatic rings. The summed E-state index contributed by atoms with van der Waals surface area (Å²) in [4.78, 5) is 38.7. The fourth-order valence-corrected chi connectivity index (χ4v) is 4.18. The van der Waals surface area contributed by atoms with Crippen LogP contribution in [0.4, 0.5) is 4.79 Å². The van der Waals surface area contributed by atoms with E-state index in [0.717, 1.165) is 51.4 Å². The summed E-state index contributed by atoms with van der Waals surface area (Å²) in [5.74, 6) is -0.0965. The van der Waals surface area contributed by atoms with Gasteiger partial charge in [-0.05, 0) is 46.5 Å². The number of hydrogen-bond donors (Lipinski definition) is 2. The van der Waals surface area contributed by atoms with E-state index in [4.69, 9.17) is 4.74 Å². The van der Waals surface area contributed by atoms with Gasteiger partial charge in [0, 0.05) is 32.1 Å². The maximum Gasteiger partial charge on any atom is 0.407 e. The molecule has 0 radical (unpaired) electrons. The van der Waals surface area contributed by atoms with Gasteiger partial charge in [0.25, 0.3) is 0 Å². The van der Waals surface area contributed by atoms with Crippen molar-refractivity contribution in [2.75, 3.05) is 13.1 Å². The number of likely N-dealkylation sites (tertiary alicyclic amines) is 1. The molecular weight excluding hydrogens is 358 g/mol. The third-order valence-electron chi connectivity index (χ3n) is 5.50. The summed E-state index contributed by atoms with van der Waals surface area (Å²) in [5, 5.41) is 5.93. The molecule has 0 aromatic carbocycles. The number of hydrogen-bond acceptors (Lipinski definition) is 4. The van der Waals surface area contributed by atoms with Crippen LogP contribution in [0, 0.1) is 5.92 Å². The van der Waals surface area contributed by atoms with Crippen molar-refractivity contribution in [3.05, 3.63) is 0 Å². The fourth-order valence-electron chi connectivity index (χ4n) is 4.18. The fraction of sp³-hybridized carbons (Fsp3) is 0.857. The topological polar surface area (TPSA) is 87.7 Å².